The van der Waals surface area contributed by atoms with Gasteiger partial charge in [0.25, 0.3) is 0 Å². The van der Waals surface area contributed by atoms with Crippen molar-refractivity contribution in [3.8, 4) is 39.5 Å². The Bertz CT molecular complexity index is 2650. The first-order valence-electron chi connectivity index (χ1n) is 16.1. The molecule has 7 aromatic carbocycles. The Labute approximate surface area is 273 Å². The van der Waals surface area contributed by atoms with Gasteiger partial charge >= 0.3 is 0 Å². The van der Waals surface area contributed by atoms with Crippen LogP contribution in [0.1, 0.15) is 11.1 Å². The molecule has 47 heavy (non-hydrogen) atoms. The lowest BCUT2D eigenvalue weighted by Crippen LogP contribution is -1.99. The van der Waals surface area contributed by atoms with E-state index in [4.69, 9.17) is 9.97 Å². The fourth-order valence-electron chi connectivity index (χ4n) is 7.38. The van der Waals surface area contributed by atoms with Crippen molar-refractivity contribution in [1.82, 2.24) is 14.5 Å². The molecule has 0 saturated carbocycles. The fourth-order valence-corrected chi connectivity index (χ4v) is 7.38. The van der Waals surface area contributed by atoms with Gasteiger partial charge in [0.1, 0.15) is 0 Å². The highest BCUT2D eigenvalue weighted by atomic mass is 15.0. The predicted octanol–water partition coefficient (Wildman–Crippen LogP) is 11.5. The summed E-state index contributed by atoms with van der Waals surface area (Å²) in [6.45, 7) is 4.49. The topological polar surface area (TPSA) is 30.7 Å². The third-order valence-electron chi connectivity index (χ3n) is 9.50. The molecule has 3 heteroatoms. The molecule has 9 rings (SSSR count). The molecule has 0 fully saturated rings. The summed E-state index contributed by atoms with van der Waals surface area (Å²) in [6.07, 6.45) is 0. The summed E-state index contributed by atoms with van der Waals surface area (Å²) < 4.78 is 2.44. The number of hydrogen-bond donors (Lipinski definition) is 0. The van der Waals surface area contributed by atoms with Gasteiger partial charge < -0.3 is 4.57 Å². The van der Waals surface area contributed by atoms with Crippen LogP contribution < -0.4 is 0 Å². The number of aromatic nitrogens is 3. The molecule has 2 heterocycles. The highest BCUT2D eigenvalue weighted by Gasteiger charge is 2.22. The maximum absolute atomic E-state index is 5.19. The number of aryl methyl sites for hydroxylation is 2. The van der Waals surface area contributed by atoms with Crippen LogP contribution in [0.25, 0.3) is 82.9 Å². The average molecular weight is 602 g/mol. The van der Waals surface area contributed by atoms with Crippen LogP contribution in [0.15, 0.2) is 152 Å². The van der Waals surface area contributed by atoms with Gasteiger partial charge in [-0.05, 0) is 71.1 Å². The molecule has 0 N–H and O–H groups in total. The van der Waals surface area contributed by atoms with Gasteiger partial charge in [0.15, 0.2) is 5.82 Å². The Balaban J connectivity index is 1.35. The second-order valence-corrected chi connectivity index (χ2v) is 12.3. The van der Waals surface area contributed by atoms with Crippen LogP contribution in [-0.2, 0) is 0 Å². The van der Waals surface area contributed by atoms with Crippen molar-refractivity contribution in [2.45, 2.75) is 13.8 Å². The van der Waals surface area contributed by atoms with Gasteiger partial charge in [-0.15, -0.1) is 0 Å². The van der Waals surface area contributed by atoms with Crippen LogP contribution in [-0.4, -0.2) is 14.5 Å². The van der Waals surface area contributed by atoms with Gasteiger partial charge in [-0.1, -0.05) is 127 Å². The van der Waals surface area contributed by atoms with E-state index in [0.717, 1.165) is 33.4 Å². The first kappa shape index (κ1) is 27.3. The summed E-state index contributed by atoms with van der Waals surface area (Å²) in [5.74, 6) is 0.716. The summed E-state index contributed by atoms with van der Waals surface area (Å²) in [5, 5.41) is 6.12. The van der Waals surface area contributed by atoms with E-state index in [2.05, 4.69) is 158 Å². The zero-order chi connectivity index (χ0) is 31.5. The molecule has 0 radical (unpaired) electrons. The van der Waals surface area contributed by atoms with Crippen LogP contribution in [0.5, 0.6) is 0 Å². The maximum atomic E-state index is 5.19. The molecule has 0 aliphatic rings. The van der Waals surface area contributed by atoms with Gasteiger partial charge in [0, 0.05) is 33.0 Å². The number of para-hydroxylation sites is 2. The summed E-state index contributed by atoms with van der Waals surface area (Å²) in [4.78, 5) is 10.3. The minimum Gasteiger partial charge on any atom is -0.309 e. The van der Waals surface area contributed by atoms with E-state index in [1.54, 1.807) is 0 Å². The van der Waals surface area contributed by atoms with Gasteiger partial charge in [0.2, 0.25) is 0 Å². The zero-order valence-corrected chi connectivity index (χ0v) is 26.3. The van der Waals surface area contributed by atoms with E-state index < -0.39 is 0 Å². The summed E-state index contributed by atoms with van der Waals surface area (Å²) in [7, 11) is 0. The quantitative estimate of drug-likeness (QED) is 0.201. The summed E-state index contributed by atoms with van der Waals surface area (Å²) >= 11 is 0. The normalized spacial score (nSPS) is 11.6. The summed E-state index contributed by atoms with van der Waals surface area (Å²) in [6, 6.07) is 53.8. The van der Waals surface area contributed by atoms with Crippen molar-refractivity contribution in [3.05, 3.63) is 163 Å². The second kappa shape index (κ2) is 10.8. The number of benzene rings is 7. The fraction of sp³-hybridized carbons (Fsp3) is 0.0455. The molecule has 0 bridgehead atoms. The number of hydrogen-bond acceptors (Lipinski definition) is 2. The van der Waals surface area contributed by atoms with Gasteiger partial charge in [-0.25, -0.2) is 9.97 Å². The summed E-state index contributed by atoms with van der Waals surface area (Å²) in [5.41, 5.74) is 12.5. The van der Waals surface area contributed by atoms with E-state index >= 15 is 0 Å². The third-order valence-corrected chi connectivity index (χ3v) is 9.50. The van der Waals surface area contributed by atoms with Gasteiger partial charge in [0.05, 0.1) is 22.2 Å². The van der Waals surface area contributed by atoms with E-state index in [9.17, 15) is 0 Å². The standard InChI is InChI=1S/C44H31N3/c1-28-15-6-7-20-33(28)40-29(2)43-41(35-22-9-8-21-34(35)40)37-24-11-13-26-39(37)47(43)32-19-14-18-31(27-32)44-45-38-25-12-10-23-36(38)42(46-44)30-16-4-3-5-17-30/h3-27H,1-2H3. The molecule has 3 nitrogen and oxygen atoms in total. The molecule has 9 aromatic rings. The van der Waals surface area contributed by atoms with Gasteiger partial charge in [-0.2, -0.15) is 0 Å². The monoisotopic (exact) mass is 601 g/mol. The molecule has 0 spiro atoms. The molecule has 0 unspecified atom stereocenters. The Morgan fingerprint density at radius 1 is 0.511 bits per heavy atom. The van der Waals surface area contributed by atoms with Crippen molar-refractivity contribution in [2.24, 2.45) is 0 Å². The number of fused-ring (bicyclic) bond motifs is 6. The lowest BCUT2D eigenvalue weighted by atomic mass is 9.89. The predicted molar refractivity (Wildman–Crippen MR) is 197 cm³/mol. The van der Waals surface area contributed by atoms with Crippen LogP contribution in [0.3, 0.4) is 0 Å². The second-order valence-electron chi connectivity index (χ2n) is 12.3. The van der Waals surface area contributed by atoms with Gasteiger partial charge in [-0.3, -0.25) is 0 Å². The molecular formula is C44H31N3. The smallest absolute Gasteiger partial charge is 0.160 e. The average Bonchev–Trinajstić information content (AvgIpc) is 3.48. The van der Waals surface area contributed by atoms with Crippen LogP contribution in [0.4, 0.5) is 0 Å². The molecule has 0 atom stereocenters. The lowest BCUT2D eigenvalue weighted by Gasteiger charge is -2.18. The molecule has 222 valence electrons. The molecule has 0 saturated heterocycles. The third kappa shape index (κ3) is 4.28. The molecule has 0 aliphatic heterocycles. The Kier molecular flexibility index (Phi) is 6.26. The number of rotatable bonds is 4. The van der Waals surface area contributed by atoms with Crippen molar-refractivity contribution < 1.29 is 0 Å². The van der Waals surface area contributed by atoms with E-state index in [0.29, 0.717) is 5.82 Å². The minimum atomic E-state index is 0.716. The highest BCUT2D eigenvalue weighted by molar-refractivity contribution is 6.25. The zero-order valence-electron chi connectivity index (χ0n) is 26.3. The molecule has 2 aromatic heterocycles. The first-order valence-corrected chi connectivity index (χ1v) is 16.1. The SMILES string of the molecule is Cc1ccccc1-c1c(C)c2c(c3ccccc13)c1ccccc1n2-c1cccc(-c2nc(-c3ccccc3)c3ccccc3n2)c1. The van der Waals surface area contributed by atoms with Crippen molar-refractivity contribution in [2.75, 3.05) is 0 Å². The molecule has 0 amide bonds. The number of nitrogens with zero attached hydrogens (tertiary/aromatic N) is 3. The largest absolute Gasteiger partial charge is 0.309 e. The van der Waals surface area contributed by atoms with Crippen molar-refractivity contribution in [1.29, 1.82) is 0 Å². The van der Waals surface area contributed by atoms with Crippen LogP contribution >= 0.6 is 0 Å². The van der Waals surface area contributed by atoms with Crippen molar-refractivity contribution in [3.63, 3.8) is 0 Å². The van der Waals surface area contributed by atoms with E-state index in [1.807, 2.05) is 12.1 Å². The first-order chi connectivity index (χ1) is 23.2. The van der Waals surface area contributed by atoms with E-state index in [-0.39, 0.29) is 0 Å². The molecule has 0 aliphatic carbocycles. The van der Waals surface area contributed by atoms with Crippen LogP contribution in [0.2, 0.25) is 0 Å². The van der Waals surface area contributed by atoms with E-state index in [1.165, 1.54) is 54.8 Å². The Morgan fingerprint density at radius 3 is 2.00 bits per heavy atom. The lowest BCUT2D eigenvalue weighted by molar-refractivity contribution is 1.16. The minimum absolute atomic E-state index is 0.716. The Morgan fingerprint density at radius 2 is 1.17 bits per heavy atom. The maximum Gasteiger partial charge on any atom is 0.160 e. The van der Waals surface area contributed by atoms with Crippen molar-refractivity contribution >= 4 is 43.5 Å². The molecular weight excluding hydrogens is 571 g/mol. The Hall–Kier alpha value is -6.06. The highest BCUT2D eigenvalue weighted by Crippen LogP contribution is 2.45. The van der Waals surface area contributed by atoms with Crippen LogP contribution in [0, 0.1) is 13.8 Å².